The van der Waals surface area contributed by atoms with E-state index < -0.39 is 0 Å². The van der Waals surface area contributed by atoms with Crippen LogP contribution in [0, 0.1) is 13.8 Å². The van der Waals surface area contributed by atoms with E-state index in [1.165, 1.54) is 43.2 Å². The van der Waals surface area contributed by atoms with Crippen LogP contribution in [0.25, 0.3) is 22.2 Å². The van der Waals surface area contributed by atoms with E-state index in [0.29, 0.717) is 5.56 Å². The summed E-state index contributed by atoms with van der Waals surface area (Å²) in [5.74, 6) is -0.0110. The summed E-state index contributed by atoms with van der Waals surface area (Å²) >= 11 is 0. The van der Waals surface area contributed by atoms with Crippen molar-refractivity contribution in [1.29, 1.82) is 0 Å². The quantitative estimate of drug-likeness (QED) is 0.419. The molecule has 3 rings (SSSR count). The number of amides is 1. The van der Waals surface area contributed by atoms with Crippen molar-refractivity contribution in [3.05, 3.63) is 65.2 Å². The molecule has 0 saturated heterocycles. The molecule has 3 heteroatoms. The van der Waals surface area contributed by atoms with E-state index in [0.717, 1.165) is 35.1 Å². The summed E-state index contributed by atoms with van der Waals surface area (Å²) in [6.07, 6.45) is 7.30. The van der Waals surface area contributed by atoms with Gasteiger partial charge in [0, 0.05) is 17.5 Å². The number of aromatic nitrogens is 1. The topological polar surface area (TPSA) is 42.0 Å². The summed E-state index contributed by atoms with van der Waals surface area (Å²) in [6.45, 7) is 7.13. The smallest absolute Gasteiger partial charge is 0.252 e. The molecule has 0 atom stereocenters. The molecule has 0 unspecified atom stereocenters. The molecule has 1 heterocycles. The van der Waals surface area contributed by atoms with Gasteiger partial charge in [-0.05, 0) is 38.0 Å². The molecule has 0 aliphatic heterocycles. The number of para-hydroxylation sites is 1. The number of benzene rings is 2. The Morgan fingerprint density at radius 2 is 1.69 bits per heavy atom. The summed E-state index contributed by atoms with van der Waals surface area (Å²) in [4.78, 5) is 17.8. The number of pyridine rings is 1. The predicted molar refractivity (Wildman–Crippen MR) is 122 cm³/mol. The van der Waals surface area contributed by atoms with Gasteiger partial charge in [-0.25, -0.2) is 4.98 Å². The Morgan fingerprint density at radius 3 is 2.48 bits per heavy atom. The van der Waals surface area contributed by atoms with Gasteiger partial charge >= 0.3 is 0 Å². The summed E-state index contributed by atoms with van der Waals surface area (Å²) in [5, 5.41) is 4.02. The molecule has 3 aromatic rings. The zero-order valence-corrected chi connectivity index (χ0v) is 17.9. The van der Waals surface area contributed by atoms with E-state index in [2.05, 4.69) is 44.3 Å². The monoisotopic (exact) mass is 388 g/mol. The minimum absolute atomic E-state index is 0.0110. The Balaban J connectivity index is 1.80. The Kier molecular flexibility index (Phi) is 7.40. The highest BCUT2D eigenvalue weighted by Gasteiger charge is 2.14. The fraction of sp³-hybridized carbons (Fsp3) is 0.385. The first-order valence-corrected chi connectivity index (χ1v) is 10.9. The lowest BCUT2D eigenvalue weighted by Gasteiger charge is -2.12. The lowest BCUT2D eigenvalue weighted by atomic mass is 9.99. The first-order chi connectivity index (χ1) is 14.1. The number of carbonyl (C=O) groups is 1. The summed E-state index contributed by atoms with van der Waals surface area (Å²) in [5.41, 5.74) is 5.89. The normalized spacial score (nSPS) is 11.0. The molecule has 0 radical (unpaired) electrons. The minimum Gasteiger partial charge on any atom is -0.352 e. The number of carbonyl (C=O) groups excluding carboxylic acids is 1. The zero-order valence-electron chi connectivity index (χ0n) is 17.9. The van der Waals surface area contributed by atoms with E-state index in [4.69, 9.17) is 4.98 Å². The Morgan fingerprint density at radius 1 is 0.931 bits per heavy atom. The molecule has 152 valence electrons. The van der Waals surface area contributed by atoms with Crippen LogP contribution in [-0.4, -0.2) is 17.4 Å². The molecule has 0 aliphatic rings. The molecular formula is C26H32N2O. The van der Waals surface area contributed by atoms with Gasteiger partial charge in [-0.1, -0.05) is 81.0 Å². The maximum absolute atomic E-state index is 13.0. The molecule has 0 spiro atoms. The second-order valence-corrected chi connectivity index (χ2v) is 7.91. The number of rotatable bonds is 9. The van der Waals surface area contributed by atoms with Crippen LogP contribution >= 0.6 is 0 Å². The molecule has 0 fully saturated rings. The van der Waals surface area contributed by atoms with Crippen LogP contribution in [-0.2, 0) is 0 Å². The van der Waals surface area contributed by atoms with Gasteiger partial charge < -0.3 is 5.32 Å². The highest BCUT2D eigenvalue weighted by molar-refractivity contribution is 6.07. The van der Waals surface area contributed by atoms with Crippen molar-refractivity contribution in [2.24, 2.45) is 0 Å². The number of unbranched alkanes of at least 4 members (excludes halogenated alkanes) is 5. The molecule has 0 aliphatic carbocycles. The van der Waals surface area contributed by atoms with E-state index >= 15 is 0 Å². The van der Waals surface area contributed by atoms with Crippen LogP contribution in [0.1, 0.15) is 66.9 Å². The maximum Gasteiger partial charge on any atom is 0.252 e. The van der Waals surface area contributed by atoms with Crippen LogP contribution in [0.15, 0.2) is 48.5 Å². The zero-order chi connectivity index (χ0) is 20.6. The summed E-state index contributed by atoms with van der Waals surface area (Å²) < 4.78 is 0. The molecule has 0 bridgehead atoms. The number of aryl methyl sites for hydroxylation is 2. The van der Waals surface area contributed by atoms with Crippen molar-refractivity contribution in [2.45, 2.75) is 59.3 Å². The van der Waals surface area contributed by atoms with Gasteiger partial charge in [-0.3, -0.25) is 4.79 Å². The molecule has 2 aromatic carbocycles. The third-order valence-electron chi connectivity index (χ3n) is 5.43. The lowest BCUT2D eigenvalue weighted by Crippen LogP contribution is -2.24. The fourth-order valence-electron chi connectivity index (χ4n) is 3.80. The van der Waals surface area contributed by atoms with Gasteiger partial charge in [0.1, 0.15) is 0 Å². The first-order valence-electron chi connectivity index (χ1n) is 10.9. The number of nitrogens with zero attached hydrogens (tertiary/aromatic N) is 1. The SMILES string of the molecule is CCCCCCCCNC(=O)c1cc(-c2ccc(C)cc2C)nc2ccccc12. The Labute approximate surface area is 174 Å². The van der Waals surface area contributed by atoms with Gasteiger partial charge in [0.2, 0.25) is 0 Å². The van der Waals surface area contributed by atoms with E-state index in [-0.39, 0.29) is 5.91 Å². The molecule has 1 N–H and O–H groups in total. The second-order valence-electron chi connectivity index (χ2n) is 7.91. The minimum atomic E-state index is -0.0110. The fourth-order valence-corrected chi connectivity index (χ4v) is 3.80. The number of hydrogen-bond acceptors (Lipinski definition) is 2. The summed E-state index contributed by atoms with van der Waals surface area (Å²) in [6, 6.07) is 16.2. The molecule has 1 amide bonds. The lowest BCUT2D eigenvalue weighted by molar-refractivity contribution is 0.0954. The van der Waals surface area contributed by atoms with Crippen LogP contribution in [0.3, 0.4) is 0 Å². The molecule has 1 aromatic heterocycles. The van der Waals surface area contributed by atoms with Crippen LogP contribution in [0.2, 0.25) is 0 Å². The summed E-state index contributed by atoms with van der Waals surface area (Å²) in [7, 11) is 0. The highest BCUT2D eigenvalue weighted by atomic mass is 16.1. The average Bonchev–Trinajstić information content (AvgIpc) is 2.72. The molecule has 0 saturated carbocycles. The van der Waals surface area contributed by atoms with E-state index in [1.807, 2.05) is 30.3 Å². The van der Waals surface area contributed by atoms with Gasteiger partial charge in [-0.15, -0.1) is 0 Å². The van der Waals surface area contributed by atoms with E-state index in [1.54, 1.807) is 0 Å². The third kappa shape index (κ3) is 5.44. The standard InChI is InChI=1S/C26H32N2O/c1-4-5-6-7-8-11-16-27-26(29)23-18-25(21-15-14-19(2)17-20(21)3)28-24-13-10-9-12-22(23)24/h9-10,12-15,17-18H,4-8,11,16H2,1-3H3,(H,27,29). The van der Waals surface area contributed by atoms with Crippen molar-refractivity contribution in [3.8, 4) is 11.3 Å². The molecular weight excluding hydrogens is 356 g/mol. The van der Waals surface area contributed by atoms with Crippen LogP contribution in [0.4, 0.5) is 0 Å². The van der Waals surface area contributed by atoms with Gasteiger partial charge in [0.25, 0.3) is 5.91 Å². The van der Waals surface area contributed by atoms with Crippen molar-refractivity contribution >= 4 is 16.8 Å². The van der Waals surface area contributed by atoms with Gasteiger partial charge in [0.05, 0.1) is 16.8 Å². The number of nitrogens with one attached hydrogen (secondary N) is 1. The first kappa shape index (κ1) is 21.0. The maximum atomic E-state index is 13.0. The Bertz CT molecular complexity index is 978. The van der Waals surface area contributed by atoms with Gasteiger partial charge in [-0.2, -0.15) is 0 Å². The van der Waals surface area contributed by atoms with Gasteiger partial charge in [0.15, 0.2) is 0 Å². The van der Waals surface area contributed by atoms with E-state index in [9.17, 15) is 4.79 Å². The average molecular weight is 389 g/mol. The van der Waals surface area contributed by atoms with Crippen LogP contribution < -0.4 is 5.32 Å². The predicted octanol–water partition coefficient (Wildman–Crippen LogP) is 6.61. The highest BCUT2D eigenvalue weighted by Crippen LogP contribution is 2.27. The van der Waals surface area contributed by atoms with Crippen molar-refractivity contribution in [1.82, 2.24) is 10.3 Å². The van der Waals surface area contributed by atoms with Crippen molar-refractivity contribution in [3.63, 3.8) is 0 Å². The number of fused-ring (bicyclic) bond motifs is 1. The number of hydrogen-bond donors (Lipinski definition) is 1. The van der Waals surface area contributed by atoms with Crippen molar-refractivity contribution < 1.29 is 4.79 Å². The molecule has 29 heavy (non-hydrogen) atoms. The largest absolute Gasteiger partial charge is 0.352 e. The second kappa shape index (κ2) is 10.2. The Hall–Kier alpha value is -2.68. The van der Waals surface area contributed by atoms with Crippen LogP contribution in [0.5, 0.6) is 0 Å². The van der Waals surface area contributed by atoms with Crippen molar-refractivity contribution in [2.75, 3.05) is 6.54 Å². The molecule has 3 nitrogen and oxygen atoms in total. The third-order valence-corrected chi connectivity index (χ3v) is 5.43.